The van der Waals surface area contributed by atoms with Crippen molar-refractivity contribution in [2.24, 2.45) is 0 Å². The molecule has 0 N–H and O–H groups in total. The van der Waals surface area contributed by atoms with Crippen LogP contribution in [-0.2, 0) is 10.8 Å². The lowest BCUT2D eigenvalue weighted by molar-refractivity contribution is 0.660. The van der Waals surface area contributed by atoms with Crippen LogP contribution in [0.15, 0.2) is 291 Å². The Labute approximate surface area is 547 Å². The van der Waals surface area contributed by atoms with Crippen LogP contribution in [0.2, 0.25) is 0 Å². The molecule has 0 amide bonds. The van der Waals surface area contributed by atoms with E-state index in [9.17, 15) is 0 Å². The van der Waals surface area contributed by atoms with E-state index in [4.69, 9.17) is 0 Å². The molecule has 2 nitrogen and oxygen atoms in total. The minimum absolute atomic E-state index is 0.273. The maximum absolute atomic E-state index is 2.56. The van der Waals surface area contributed by atoms with E-state index in [0.29, 0.717) is 0 Å². The lowest BCUT2D eigenvalue weighted by Crippen LogP contribution is -2.17. The molecule has 0 unspecified atom stereocenters. The van der Waals surface area contributed by atoms with Gasteiger partial charge in [0, 0.05) is 43.7 Å². The molecule has 2 heteroatoms. The molecule has 440 valence electrons. The summed E-state index contributed by atoms with van der Waals surface area (Å²) in [6.45, 7) is 9.67. The van der Waals surface area contributed by atoms with Crippen molar-refractivity contribution in [2.45, 2.75) is 38.5 Å². The Bertz CT molecular complexity index is 5640. The van der Waals surface area contributed by atoms with Crippen LogP contribution < -0.4 is 9.80 Å². The minimum Gasteiger partial charge on any atom is -0.309 e. The summed E-state index contributed by atoms with van der Waals surface area (Å²) in [6.07, 6.45) is 4.64. The van der Waals surface area contributed by atoms with Gasteiger partial charge in [0.25, 0.3) is 0 Å². The van der Waals surface area contributed by atoms with Crippen molar-refractivity contribution in [3.8, 4) is 66.8 Å². The first-order valence-corrected chi connectivity index (χ1v) is 33.1. The highest BCUT2D eigenvalue weighted by atomic mass is 15.2. The topological polar surface area (TPSA) is 6.48 Å². The second kappa shape index (κ2) is 19.5. The molecule has 20 rings (SSSR count). The van der Waals surface area contributed by atoms with E-state index in [0.717, 1.165) is 11.4 Å². The summed E-state index contributed by atoms with van der Waals surface area (Å²) < 4.78 is 0. The van der Waals surface area contributed by atoms with Gasteiger partial charge in [0.2, 0.25) is 0 Å². The fourth-order valence-corrected chi connectivity index (χ4v) is 17.4. The molecule has 0 saturated heterocycles. The van der Waals surface area contributed by atoms with Crippen molar-refractivity contribution < 1.29 is 0 Å². The molecule has 0 heterocycles. The van der Waals surface area contributed by atoms with Gasteiger partial charge in [-0.25, -0.2) is 0 Å². The monoisotopic (exact) mass is 1190 g/mol. The zero-order valence-corrected chi connectivity index (χ0v) is 52.8. The first-order valence-electron chi connectivity index (χ1n) is 33.1. The Morgan fingerprint density at radius 1 is 0.223 bits per heavy atom. The van der Waals surface area contributed by atoms with E-state index >= 15 is 0 Å². The SMILES string of the molecule is CC1(C)c2cc(/C=C/c3ccc4c(c3)C(C)(C)c3cc(N(c5ccc6c7c(cccc57)-c5ccccc5-6)c5cc6ccccc6c6ccccc56)ccc3-4)ccc2-c2ccc(N(c3ccc4c5c(cccc35)-c3ccccc3-4)c3cc4ccccc4c4ccccc34)cc21. The van der Waals surface area contributed by atoms with Gasteiger partial charge >= 0.3 is 0 Å². The van der Waals surface area contributed by atoms with Gasteiger partial charge in [-0.05, 0) is 192 Å². The summed E-state index contributed by atoms with van der Waals surface area (Å²) in [4.78, 5) is 5.11. The van der Waals surface area contributed by atoms with E-state index in [-0.39, 0.29) is 10.8 Å². The first kappa shape index (κ1) is 53.1. The molecule has 0 atom stereocenters. The number of benzene rings is 16. The van der Waals surface area contributed by atoms with Crippen LogP contribution in [0, 0.1) is 0 Å². The minimum atomic E-state index is -0.273. The van der Waals surface area contributed by atoms with Gasteiger partial charge < -0.3 is 9.80 Å². The second-order valence-corrected chi connectivity index (χ2v) is 27.5. The van der Waals surface area contributed by atoms with E-state index in [1.165, 1.54) is 188 Å². The highest BCUT2D eigenvalue weighted by Crippen LogP contribution is 2.58. The predicted molar refractivity (Wildman–Crippen MR) is 400 cm³/mol. The number of fused-ring (bicyclic) bond motifs is 18. The molecular weight excluding hydrogens is 1130 g/mol. The fraction of sp³-hybridized carbons (Fsp3) is 0.0652. The van der Waals surface area contributed by atoms with Gasteiger partial charge in [0.15, 0.2) is 0 Å². The van der Waals surface area contributed by atoms with Crippen LogP contribution in [0.4, 0.5) is 34.1 Å². The predicted octanol–water partition coefficient (Wildman–Crippen LogP) is 25.6. The lowest BCUT2D eigenvalue weighted by atomic mass is 9.81. The standard InChI is InChI=1S/C92H62N2/c1-91(2)81-49-55(37-41-69(81)71-43-39-59(53-83(71)91)93(87-51-57-19-5-7-21-61(57)63-23-13-15-29-73(63)87)85-47-45-77-67-27-11-9-25-65(67)75-31-17-33-79(85)89(75)77)35-36-56-38-42-70-72-44-40-60(54-84(72)92(3,4)82(70)50-56)94(88-52-58-20-6-8-22-62(58)64-24-14-16-30-74(64)88)86-48-46-78-68-28-12-10-26-66(68)76-32-18-34-80(86)90(76)78/h5-54H,1-4H3/b36-35+. The quantitative estimate of drug-likeness (QED) is 0.111. The number of hydrogen-bond donors (Lipinski definition) is 0. The Kier molecular flexibility index (Phi) is 11.0. The van der Waals surface area contributed by atoms with E-state index < -0.39 is 0 Å². The third-order valence-corrected chi connectivity index (χ3v) is 21.9. The molecule has 0 saturated carbocycles. The average molecular weight is 1200 g/mol. The van der Waals surface area contributed by atoms with Gasteiger partial charge in [-0.1, -0.05) is 283 Å². The Morgan fingerprint density at radius 2 is 0.532 bits per heavy atom. The van der Waals surface area contributed by atoms with Crippen LogP contribution in [-0.4, -0.2) is 0 Å². The lowest BCUT2D eigenvalue weighted by Gasteiger charge is -2.30. The van der Waals surface area contributed by atoms with Crippen molar-refractivity contribution in [2.75, 3.05) is 9.80 Å². The number of hydrogen-bond acceptors (Lipinski definition) is 2. The molecular formula is C92H62N2. The summed E-state index contributed by atoms with van der Waals surface area (Å²) in [5, 5.41) is 15.1. The van der Waals surface area contributed by atoms with Crippen molar-refractivity contribution >= 4 is 111 Å². The Balaban J connectivity index is 0.658. The van der Waals surface area contributed by atoms with E-state index in [1.54, 1.807) is 0 Å². The second-order valence-electron chi connectivity index (χ2n) is 27.5. The summed E-state index contributed by atoms with van der Waals surface area (Å²) in [5.41, 5.74) is 29.8. The highest BCUT2D eigenvalue weighted by Gasteiger charge is 2.39. The van der Waals surface area contributed by atoms with Crippen molar-refractivity contribution in [3.63, 3.8) is 0 Å². The molecule has 4 aliphatic rings. The summed E-state index contributed by atoms with van der Waals surface area (Å²) in [5.74, 6) is 0. The van der Waals surface area contributed by atoms with E-state index in [1.807, 2.05) is 0 Å². The average Bonchev–Trinajstić information content (AvgIpc) is 1.45. The summed E-state index contributed by atoms with van der Waals surface area (Å²) in [6, 6.07) is 110. The van der Waals surface area contributed by atoms with Gasteiger partial charge in [-0.3, -0.25) is 0 Å². The zero-order valence-electron chi connectivity index (χ0n) is 52.8. The normalized spacial score (nSPS) is 13.9. The Morgan fingerprint density at radius 3 is 0.947 bits per heavy atom. The van der Waals surface area contributed by atoms with Crippen LogP contribution in [0.3, 0.4) is 0 Å². The maximum Gasteiger partial charge on any atom is 0.0546 e. The number of rotatable bonds is 8. The molecule has 0 aliphatic heterocycles. The van der Waals surface area contributed by atoms with Gasteiger partial charge in [0.05, 0.1) is 22.7 Å². The first-order chi connectivity index (χ1) is 46.1. The number of anilines is 6. The van der Waals surface area contributed by atoms with Crippen LogP contribution in [0.25, 0.3) is 144 Å². The molecule has 0 spiro atoms. The molecule has 16 aromatic carbocycles. The third kappa shape index (κ3) is 7.42. The van der Waals surface area contributed by atoms with E-state index in [2.05, 4.69) is 341 Å². The highest BCUT2D eigenvalue weighted by molar-refractivity contribution is 6.23. The molecule has 0 radical (unpaired) electrons. The fourth-order valence-electron chi connectivity index (χ4n) is 17.4. The molecule has 16 aromatic rings. The zero-order chi connectivity index (χ0) is 62.3. The summed E-state index contributed by atoms with van der Waals surface area (Å²) in [7, 11) is 0. The molecule has 4 aliphatic carbocycles. The van der Waals surface area contributed by atoms with Gasteiger partial charge in [-0.15, -0.1) is 0 Å². The van der Waals surface area contributed by atoms with Crippen LogP contribution in [0.1, 0.15) is 61.1 Å². The largest absolute Gasteiger partial charge is 0.309 e. The molecule has 0 bridgehead atoms. The van der Waals surface area contributed by atoms with Crippen LogP contribution >= 0.6 is 0 Å². The van der Waals surface area contributed by atoms with Crippen LogP contribution in [0.5, 0.6) is 0 Å². The van der Waals surface area contributed by atoms with Gasteiger partial charge in [0.1, 0.15) is 0 Å². The maximum atomic E-state index is 2.56. The molecule has 0 aromatic heterocycles. The smallest absolute Gasteiger partial charge is 0.0546 e. The molecule has 0 fully saturated rings. The van der Waals surface area contributed by atoms with Crippen molar-refractivity contribution in [3.05, 3.63) is 325 Å². The third-order valence-electron chi connectivity index (χ3n) is 21.9. The van der Waals surface area contributed by atoms with Gasteiger partial charge in [-0.2, -0.15) is 0 Å². The number of nitrogens with zero attached hydrogens (tertiary/aromatic N) is 2. The molecule has 94 heavy (non-hydrogen) atoms. The van der Waals surface area contributed by atoms with Crippen molar-refractivity contribution in [1.29, 1.82) is 0 Å². The Hall–Kier alpha value is -11.6. The summed E-state index contributed by atoms with van der Waals surface area (Å²) >= 11 is 0. The van der Waals surface area contributed by atoms with Crippen molar-refractivity contribution in [1.82, 2.24) is 0 Å².